The molecule has 3 rings (SSSR count). The Morgan fingerprint density at radius 2 is 2.00 bits per heavy atom. The van der Waals surface area contributed by atoms with Gasteiger partial charge in [0.25, 0.3) is 0 Å². The van der Waals surface area contributed by atoms with Crippen molar-refractivity contribution < 1.29 is 13.2 Å². The average molecular weight is 340 g/mol. The SMILES string of the molecule is O=S(=O)(CCNCc1cc2ccccc2s1)N1CCOCC1. The smallest absolute Gasteiger partial charge is 0.215 e. The lowest BCUT2D eigenvalue weighted by molar-refractivity contribution is 0.0730. The van der Waals surface area contributed by atoms with E-state index in [-0.39, 0.29) is 5.75 Å². The second kappa shape index (κ2) is 7.06. The van der Waals surface area contributed by atoms with Gasteiger partial charge in [-0.2, -0.15) is 4.31 Å². The standard InChI is InChI=1S/C15H20N2O3S2/c18-22(19,17-6-8-20-9-7-17)10-5-16-12-14-11-13-3-1-2-4-15(13)21-14/h1-4,11,16H,5-10,12H2. The van der Waals surface area contributed by atoms with Crippen LogP contribution in [0.25, 0.3) is 10.1 Å². The number of benzene rings is 1. The molecular weight excluding hydrogens is 320 g/mol. The molecule has 0 atom stereocenters. The van der Waals surface area contributed by atoms with Gasteiger partial charge < -0.3 is 10.1 Å². The van der Waals surface area contributed by atoms with Crippen molar-refractivity contribution in [1.29, 1.82) is 0 Å². The van der Waals surface area contributed by atoms with Crippen LogP contribution in [-0.4, -0.2) is 51.3 Å². The summed E-state index contributed by atoms with van der Waals surface area (Å²) in [6.07, 6.45) is 0. The predicted molar refractivity (Wildman–Crippen MR) is 89.7 cm³/mol. The summed E-state index contributed by atoms with van der Waals surface area (Å²) in [5.74, 6) is 0.137. The summed E-state index contributed by atoms with van der Waals surface area (Å²) in [5, 5.41) is 4.47. The summed E-state index contributed by atoms with van der Waals surface area (Å²) in [6.45, 7) is 3.10. The lowest BCUT2D eigenvalue weighted by atomic mass is 10.2. The minimum atomic E-state index is -3.17. The van der Waals surface area contributed by atoms with Crippen molar-refractivity contribution in [3.8, 4) is 0 Å². The van der Waals surface area contributed by atoms with Gasteiger partial charge in [0, 0.05) is 35.8 Å². The van der Waals surface area contributed by atoms with E-state index < -0.39 is 10.0 Å². The highest BCUT2D eigenvalue weighted by molar-refractivity contribution is 7.89. The first-order chi connectivity index (χ1) is 10.6. The third kappa shape index (κ3) is 3.85. The van der Waals surface area contributed by atoms with Gasteiger partial charge in [-0.3, -0.25) is 0 Å². The Morgan fingerprint density at radius 1 is 1.23 bits per heavy atom. The molecule has 2 aromatic rings. The van der Waals surface area contributed by atoms with E-state index >= 15 is 0 Å². The highest BCUT2D eigenvalue weighted by Crippen LogP contribution is 2.24. The largest absolute Gasteiger partial charge is 0.379 e. The van der Waals surface area contributed by atoms with Crippen LogP contribution in [0, 0.1) is 0 Å². The minimum Gasteiger partial charge on any atom is -0.379 e. The summed E-state index contributed by atoms with van der Waals surface area (Å²) in [6, 6.07) is 10.4. The van der Waals surface area contributed by atoms with Crippen LogP contribution >= 0.6 is 11.3 Å². The zero-order valence-corrected chi connectivity index (χ0v) is 14.0. The second-order valence-corrected chi connectivity index (χ2v) is 8.51. The van der Waals surface area contributed by atoms with Crippen LogP contribution in [0.15, 0.2) is 30.3 Å². The lowest BCUT2D eigenvalue weighted by Crippen LogP contribution is -2.43. The molecule has 22 heavy (non-hydrogen) atoms. The molecule has 1 aromatic carbocycles. The topological polar surface area (TPSA) is 58.6 Å². The van der Waals surface area contributed by atoms with Gasteiger partial charge in [0.15, 0.2) is 0 Å². The first-order valence-electron chi connectivity index (χ1n) is 7.39. The molecule has 5 nitrogen and oxygen atoms in total. The number of nitrogens with zero attached hydrogens (tertiary/aromatic N) is 1. The molecule has 0 saturated carbocycles. The van der Waals surface area contributed by atoms with Crippen molar-refractivity contribution in [2.75, 3.05) is 38.6 Å². The summed E-state index contributed by atoms with van der Waals surface area (Å²) in [5.41, 5.74) is 0. The van der Waals surface area contributed by atoms with Crippen molar-refractivity contribution in [1.82, 2.24) is 9.62 Å². The Bertz CT molecular complexity index is 688. The van der Waals surface area contributed by atoms with Crippen LogP contribution in [0.4, 0.5) is 0 Å². The number of sulfonamides is 1. The summed E-state index contributed by atoms with van der Waals surface area (Å²) < 4.78 is 32.3. The van der Waals surface area contributed by atoms with E-state index in [0.717, 1.165) is 0 Å². The van der Waals surface area contributed by atoms with Crippen LogP contribution in [0.1, 0.15) is 4.88 Å². The quantitative estimate of drug-likeness (QED) is 0.813. The highest BCUT2D eigenvalue weighted by atomic mass is 32.2. The maximum atomic E-state index is 12.2. The first kappa shape index (κ1) is 15.9. The van der Waals surface area contributed by atoms with Gasteiger partial charge >= 0.3 is 0 Å². The monoisotopic (exact) mass is 340 g/mol. The van der Waals surface area contributed by atoms with E-state index in [2.05, 4.69) is 23.5 Å². The number of rotatable bonds is 6. The van der Waals surface area contributed by atoms with Crippen LogP contribution in [0.2, 0.25) is 0 Å². The van der Waals surface area contributed by atoms with E-state index in [1.54, 1.807) is 11.3 Å². The molecule has 1 aromatic heterocycles. The van der Waals surface area contributed by atoms with Crippen molar-refractivity contribution in [3.05, 3.63) is 35.2 Å². The van der Waals surface area contributed by atoms with Crippen LogP contribution in [0.3, 0.4) is 0 Å². The van der Waals surface area contributed by atoms with E-state index in [4.69, 9.17) is 4.74 Å². The Labute approximate surface area is 134 Å². The molecule has 0 spiro atoms. The van der Waals surface area contributed by atoms with Gasteiger partial charge in [-0.25, -0.2) is 8.42 Å². The van der Waals surface area contributed by atoms with E-state index in [0.29, 0.717) is 39.4 Å². The average Bonchev–Trinajstić information content (AvgIpc) is 2.95. The molecule has 1 fully saturated rings. The number of hydrogen-bond acceptors (Lipinski definition) is 5. The number of morpholine rings is 1. The number of ether oxygens (including phenoxy) is 1. The summed E-state index contributed by atoms with van der Waals surface area (Å²) in [4.78, 5) is 1.23. The van der Waals surface area contributed by atoms with Crippen LogP contribution in [0.5, 0.6) is 0 Å². The molecule has 1 aliphatic heterocycles. The number of thiophene rings is 1. The fourth-order valence-electron chi connectivity index (χ4n) is 2.49. The molecular formula is C15H20N2O3S2. The van der Waals surface area contributed by atoms with E-state index in [1.165, 1.54) is 19.3 Å². The molecule has 1 saturated heterocycles. The third-order valence-corrected chi connectivity index (χ3v) is 6.66. The first-order valence-corrected chi connectivity index (χ1v) is 9.81. The highest BCUT2D eigenvalue weighted by Gasteiger charge is 2.23. The molecule has 2 heterocycles. The zero-order chi connectivity index (χ0) is 15.4. The zero-order valence-electron chi connectivity index (χ0n) is 12.3. The van der Waals surface area contributed by atoms with Crippen molar-refractivity contribution in [2.24, 2.45) is 0 Å². The number of nitrogens with one attached hydrogen (secondary N) is 1. The lowest BCUT2D eigenvalue weighted by Gasteiger charge is -2.26. The van der Waals surface area contributed by atoms with Gasteiger partial charge in [-0.15, -0.1) is 11.3 Å². The van der Waals surface area contributed by atoms with Gasteiger partial charge in [0.1, 0.15) is 0 Å². The van der Waals surface area contributed by atoms with Crippen molar-refractivity contribution in [3.63, 3.8) is 0 Å². The Balaban J connectivity index is 1.48. The molecule has 0 amide bonds. The van der Waals surface area contributed by atoms with Gasteiger partial charge in [0.05, 0.1) is 19.0 Å². The molecule has 0 aliphatic carbocycles. The van der Waals surface area contributed by atoms with E-state index in [1.807, 2.05) is 12.1 Å². The minimum absolute atomic E-state index is 0.137. The summed E-state index contributed by atoms with van der Waals surface area (Å²) in [7, 11) is -3.17. The Hall–Kier alpha value is -0.990. The van der Waals surface area contributed by atoms with E-state index in [9.17, 15) is 8.42 Å². The maximum absolute atomic E-state index is 12.2. The Kier molecular flexibility index (Phi) is 5.10. The van der Waals surface area contributed by atoms with Gasteiger partial charge in [0.2, 0.25) is 10.0 Å². The fraction of sp³-hybridized carbons (Fsp3) is 0.467. The van der Waals surface area contributed by atoms with Crippen LogP contribution < -0.4 is 5.32 Å². The molecule has 7 heteroatoms. The normalized spacial score (nSPS) is 17.1. The molecule has 0 unspecified atom stereocenters. The van der Waals surface area contributed by atoms with Crippen molar-refractivity contribution in [2.45, 2.75) is 6.54 Å². The van der Waals surface area contributed by atoms with Gasteiger partial charge in [-0.05, 0) is 17.5 Å². The third-order valence-electron chi connectivity index (χ3n) is 3.68. The molecule has 1 N–H and O–H groups in total. The van der Waals surface area contributed by atoms with Crippen molar-refractivity contribution >= 4 is 31.4 Å². The second-order valence-electron chi connectivity index (χ2n) is 5.25. The van der Waals surface area contributed by atoms with Gasteiger partial charge in [-0.1, -0.05) is 18.2 Å². The number of fused-ring (bicyclic) bond motifs is 1. The van der Waals surface area contributed by atoms with Crippen LogP contribution in [-0.2, 0) is 21.3 Å². The number of hydrogen-bond donors (Lipinski definition) is 1. The predicted octanol–water partition coefficient (Wildman–Crippen LogP) is 1.65. The molecule has 1 aliphatic rings. The Morgan fingerprint density at radius 3 is 2.77 bits per heavy atom. The molecule has 0 radical (unpaired) electrons. The summed E-state index contributed by atoms with van der Waals surface area (Å²) >= 11 is 1.74. The molecule has 0 bridgehead atoms. The molecule has 120 valence electrons. The fourth-order valence-corrected chi connectivity index (χ4v) is 4.89. The maximum Gasteiger partial charge on any atom is 0.215 e.